The summed E-state index contributed by atoms with van der Waals surface area (Å²) in [7, 11) is 0. The molecule has 2 aliphatic carbocycles. The molecule has 2 atom stereocenters. The monoisotopic (exact) mass is 266 g/mol. The lowest BCUT2D eigenvalue weighted by molar-refractivity contribution is -0.0314. The molecular formula is C17H34N2. The predicted molar refractivity (Wildman–Crippen MR) is 83.1 cm³/mol. The SMILES string of the molecule is CC1CC(C)(C)CC(CN)(N(CC2CC2)C(C)C)C1. The van der Waals surface area contributed by atoms with Gasteiger partial charge in [0, 0.05) is 24.7 Å². The van der Waals surface area contributed by atoms with Crippen LogP contribution < -0.4 is 5.73 Å². The normalized spacial score (nSPS) is 35.1. The van der Waals surface area contributed by atoms with Crippen LogP contribution in [0.25, 0.3) is 0 Å². The fourth-order valence-corrected chi connectivity index (χ4v) is 4.72. The Morgan fingerprint density at radius 3 is 2.26 bits per heavy atom. The van der Waals surface area contributed by atoms with Gasteiger partial charge >= 0.3 is 0 Å². The first-order chi connectivity index (χ1) is 8.78. The quantitative estimate of drug-likeness (QED) is 0.823. The zero-order chi connectivity index (χ0) is 14.3. The molecule has 0 spiro atoms. The van der Waals surface area contributed by atoms with E-state index in [4.69, 9.17) is 5.73 Å². The number of hydrogen-bond donors (Lipinski definition) is 1. The maximum absolute atomic E-state index is 6.31. The molecule has 0 aromatic rings. The van der Waals surface area contributed by atoms with Crippen LogP contribution in [-0.4, -0.2) is 29.6 Å². The van der Waals surface area contributed by atoms with E-state index in [1.807, 2.05) is 0 Å². The highest BCUT2D eigenvalue weighted by Gasteiger charge is 2.47. The van der Waals surface area contributed by atoms with E-state index in [9.17, 15) is 0 Å². The summed E-state index contributed by atoms with van der Waals surface area (Å²) in [6.45, 7) is 14.1. The fraction of sp³-hybridized carbons (Fsp3) is 1.00. The molecule has 112 valence electrons. The Morgan fingerprint density at radius 2 is 1.84 bits per heavy atom. The fourth-order valence-electron chi connectivity index (χ4n) is 4.72. The molecule has 2 N–H and O–H groups in total. The van der Waals surface area contributed by atoms with Crippen LogP contribution in [0.1, 0.15) is 66.7 Å². The second-order valence-electron chi connectivity index (χ2n) is 8.47. The van der Waals surface area contributed by atoms with Crippen molar-refractivity contribution >= 4 is 0 Å². The van der Waals surface area contributed by atoms with Gasteiger partial charge in [-0.2, -0.15) is 0 Å². The second-order valence-corrected chi connectivity index (χ2v) is 8.47. The van der Waals surface area contributed by atoms with Gasteiger partial charge in [-0.15, -0.1) is 0 Å². The van der Waals surface area contributed by atoms with E-state index in [2.05, 4.69) is 39.5 Å². The molecule has 2 fully saturated rings. The third-order valence-electron chi connectivity index (χ3n) is 5.20. The predicted octanol–water partition coefficient (Wildman–Crippen LogP) is 3.65. The number of hydrogen-bond acceptors (Lipinski definition) is 2. The van der Waals surface area contributed by atoms with Gasteiger partial charge in [-0.1, -0.05) is 20.8 Å². The van der Waals surface area contributed by atoms with E-state index in [-0.39, 0.29) is 5.54 Å². The third-order valence-corrected chi connectivity index (χ3v) is 5.20. The van der Waals surface area contributed by atoms with E-state index in [0.717, 1.165) is 18.4 Å². The molecule has 2 rings (SSSR count). The van der Waals surface area contributed by atoms with Crippen LogP contribution in [0.5, 0.6) is 0 Å². The molecule has 2 nitrogen and oxygen atoms in total. The van der Waals surface area contributed by atoms with Gasteiger partial charge in [0.15, 0.2) is 0 Å². The third kappa shape index (κ3) is 3.52. The van der Waals surface area contributed by atoms with Gasteiger partial charge in [-0.25, -0.2) is 0 Å². The number of nitrogens with two attached hydrogens (primary N) is 1. The molecule has 0 aromatic carbocycles. The summed E-state index contributed by atoms with van der Waals surface area (Å²) in [6, 6.07) is 0.616. The van der Waals surface area contributed by atoms with Crippen molar-refractivity contribution in [1.29, 1.82) is 0 Å². The first-order valence-corrected chi connectivity index (χ1v) is 8.25. The lowest BCUT2D eigenvalue weighted by atomic mass is 9.63. The summed E-state index contributed by atoms with van der Waals surface area (Å²) >= 11 is 0. The summed E-state index contributed by atoms with van der Waals surface area (Å²) in [4.78, 5) is 2.77. The summed E-state index contributed by atoms with van der Waals surface area (Å²) < 4.78 is 0. The Morgan fingerprint density at radius 1 is 1.21 bits per heavy atom. The molecule has 2 saturated carbocycles. The lowest BCUT2D eigenvalue weighted by Gasteiger charge is -2.54. The smallest absolute Gasteiger partial charge is 0.0342 e. The zero-order valence-electron chi connectivity index (χ0n) is 13.7. The summed E-state index contributed by atoms with van der Waals surface area (Å²) in [6.07, 6.45) is 6.78. The highest BCUT2D eigenvalue weighted by atomic mass is 15.2. The molecule has 2 unspecified atom stereocenters. The standard InChI is InChI=1S/C17H34N2/c1-13(2)19(10-15-6-7-15)17(12-18)9-14(3)8-16(4,5)11-17/h13-15H,6-12,18H2,1-5H3. The molecule has 0 aromatic heterocycles. The van der Waals surface area contributed by atoms with Crippen molar-refractivity contribution in [3.05, 3.63) is 0 Å². The van der Waals surface area contributed by atoms with Crippen molar-refractivity contribution in [2.75, 3.05) is 13.1 Å². The van der Waals surface area contributed by atoms with Gasteiger partial charge in [-0.05, 0) is 63.2 Å². The van der Waals surface area contributed by atoms with Crippen molar-refractivity contribution in [2.24, 2.45) is 23.0 Å². The molecule has 0 amide bonds. The van der Waals surface area contributed by atoms with E-state index in [1.54, 1.807) is 0 Å². The van der Waals surface area contributed by atoms with Crippen LogP contribution in [0.2, 0.25) is 0 Å². The van der Waals surface area contributed by atoms with Gasteiger partial charge in [0.25, 0.3) is 0 Å². The molecule has 2 aliphatic rings. The minimum atomic E-state index is 0.248. The second kappa shape index (κ2) is 5.37. The Kier molecular flexibility index (Phi) is 4.32. The average Bonchev–Trinajstić information content (AvgIpc) is 3.06. The van der Waals surface area contributed by atoms with Crippen LogP contribution in [0.3, 0.4) is 0 Å². The van der Waals surface area contributed by atoms with Gasteiger partial charge in [0.2, 0.25) is 0 Å². The summed E-state index contributed by atoms with van der Waals surface area (Å²) in [5, 5.41) is 0. The first kappa shape index (κ1) is 15.3. The van der Waals surface area contributed by atoms with Gasteiger partial charge in [-0.3, -0.25) is 4.90 Å². The van der Waals surface area contributed by atoms with Crippen LogP contribution in [0.4, 0.5) is 0 Å². The van der Waals surface area contributed by atoms with Crippen LogP contribution in [0, 0.1) is 17.3 Å². The maximum Gasteiger partial charge on any atom is 0.0342 e. The van der Waals surface area contributed by atoms with Gasteiger partial charge in [0.1, 0.15) is 0 Å². The largest absolute Gasteiger partial charge is 0.329 e. The first-order valence-electron chi connectivity index (χ1n) is 8.25. The van der Waals surface area contributed by atoms with Crippen molar-refractivity contribution in [2.45, 2.75) is 78.3 Å². The van der Waals surface area contributed by atoms with E-state index < -0.39 is 0 Å². The van der Waals surface area contributed by atoms with Crippen molar-refractivity contribution < 1.29 is 0 Å². The molecule has 0 saturated heterocycles. The van der Waals surface area contributed by atoms with Crippen LogP contribution in [0.15, 0.2) is 0 Å². The van der Waals surface area contributed by atoms with Crippen LogP contribution in [-0.2, 0) is 0 Å². The Hall–Kier alpha value is -0.0800. The molecule has 0 aliphatic heterocycles. The lowest BCUT2D eigenvalue weighted by Crippen LogP contribution is -2.61. The summed E-state index contributed by atoms with van der Waals surface area (Å²) in [5.41, 5.74) is 7.00. The van der Waals surface area contributed by atoms with E-state index >= 15 is 0 Å². The van der Waals surface area contributed by atoms with Crippen LogP contribution >= 0.6 is 0 Å². The molecule has 0 heterocycles. The zero-order valence-corrected chi connectivity index (χ0v) is 13.7. The maximum atomic E-state index is 6.31. The number of nitrogens with zero attached hydrogens (tertiary/aromatic N) is 1. The van der Waals surface area contributed by atoms with Gasteiger partial charge < -0.3 is 5.73 Å². The molecule has 19 heavy (non-hydrogen) atoms. The van der Waals surface area contributed by atoms with E-state index in [0.29, 0.717) is 11.5 Å². The molecule has 0 bridgehead atoms. The van der Waals surface area contributed by atoms with Crippen molar-refractivity contribution in [3.8, 4) is 0 Å². The Labute approximate surface area is 120 Å². The highest BCUT2D eigenvalue weighted by molar-refractivity contribution is 5.03. The Balaban J connectivity index is 2.21. The van der Waals surface area contributed by atoms with Gasteiger partial charge in [0.05, 0.1) is 0 Å². The molecular weight excluding hydrogens is 232 g/mol. The minimum absolute atomic E-state index is 0.248. The highest BCUT2D eigenvalue weighted by Crippen LogP contribution is 2.47. The minimum Gasteiger partial charge on any atom is -0.329 e. The summed E-state index contributed by atoms with van der Waals surface area (Å²) in [5.74, 6) is 1.75. The average molecular weight is 266 g/mol. The molecule has 2 heteroatoms. The Bertz CT molecular complexity index is 306. The number of rotatable bonds is 5. The van der Waals surface area contributed by atoms with Crippen molar-refractivity contribution in [1.82, 2.24) is 4.90 Å². The van der Waals surface area contributed by atoms with E-state index in [1.165, 1.54) is 38.6 Å². The topological polar surface area (TPSA) is 29.3 Å². The van der Waals surface area contributed by atoms with Crippen molar-refractivity contribution in [3.63, 3.8) is 0 Å². The molecule has 0 radical (unpaired) electrons.